The second-order valence-electron chi connectivity index (χ2n) is 3.00. The summed E-state index contributed by atoms with van der Waals surface area (Å²) in [6.45, 7) is 1.77. The molecule has 1 amide bonds. The van der Waals surface area contributed by atoms with E-state index in [1.165, 1.54) is 12.3 Å². The van der Waals surface area contributed by atoms with Gasteiger partial charge in [0.25, 0.3) is 5.91 Å². The molecular formula is C11H11N3O3. The summed E-state index contributed by atoms with van der Waals surface area (Å²) in [6, 6.07) is 5.11. The summed E-state index contributed by atoms with van der Waals surface area (Å²) in [4.78, 5) is 26.6. The predicted octanol–water partition coefficient (Wildman–Crippen LogP) is 0.267. The summed E-state index contributed by atoms with van der Waals surface area (Å²) in [5.74, 6) is -1.37. The molecule has 0 aromatic carbocycles. The van der Waals surface area contributed by atoms with E-state index in [0.29, 0.717) is 0 Å². The number of nitrogens with one attached hydrogen (secondary N) is 1. The third kappa shape index (κ3) is 3.57. The van der Waals surface area contributed by atoms with Gasteiger partial charge in [0.05, 0.1) is 12.7 Å². The second kappa shape index (κ2) is 6.23. The van der Waals surface area contributed by atoms with E-state index in [-0.39, 0.29) is 12.3 Å². The van der Waals surface area contributed by atoms with E-state index in [2.05, 4.69) is 15.0 Å². The fourth-order valence-electron chi connectivity index (χ4n) is 1.07. The number of nitrogens with zero attached hydrogens (tertiary/aromatic N) is 2. The largest absolute Gasteiger partial charge is 0.464 e. The topological polar surface area (TPSA) is 92.1 Å². The Morgan fingerprint density at radius 1 is 1.59 bits per heavy atom. The molecule has 0 aliphatic rings. The van der Waals surface area contributed by atoms with Gasteiger partial charge in [-0.3, -0.25) is 9.78 Å². The lowest BCUT2D eigenvalue weighted by molar-refractivity contribution is -0.143. The number of carbonyl (C=O) groups excluding carboxylic acids is 2. The maximum Gasteiger partial charge on any atom is 0.343 e. The summed E-state index contributed by atoms with van der Waals surface area (Å²) in [7, 11) is 0. The Balaban J connectivity index is 2.67. The number of nitriles is 1. The average molecular weight is 233 g/mol. The van der Waals surface area contributed by atoms with Crippen molar-refractivity contribution >= 4 is 11.9 Å². The van der Waals surface area contributed by atoms with Crippen LogP contribution in [-0.4, -0.2) is 29.5 Å². The van der Waals surface area contributed by atoms with E-state index in [1.807, 2.05) is 0 Å². The maximum absolute atomic E-state index is 11.6. The van der Waals surface area contributed by atoms with Crippen LogP contribution in [0.25, 0.3) is 0 Å². The fourth-order valence-corrected chi connectivity index (χ4v) is 1.07. The van der Waals surface area contributed by atoms with Crippen molar-refractivity contribution in [1.29, 1.82) is 5.26 Å². The minimum absolute atomic E-state index is 0.136. The molecule has 1 atom stereocenters. The van der Waals surface area contributed by atoms with Crippen LogP contribution in [-0.2, 0) is 9.53 Å². The molecular weight excluding hydrogens is 222 g/mol. The Morgan fingerprint density at radius 2 is 2.35 bits per heavy atom. The van der Waals surface area contributed by atoms with Gasteiger partial charge in [0.2, 0.25) is 6.04 Å². The van der Waals surface area contributed by atoms with Crippen LogP contribution in [0, 0.1) is 11.3 Å². The highest BCUT2D eigenvalue weighted by Crippen LogP contribution is 1.95. The Morgan fingerprint density at radius 3 is 2.88 bits per heavy atom. The van der Waals surface area contributed by atoms with Gasteiger partial charge < -0.3 is 10.1 Å². The number of esters is 1. The lowest BCUT2D eigenvalue weighted by atomic mass is 10.3. The quantitative estimate of drug-likeness (QED) is 0.753. The third-order valence-electron chi connectivity index (χ3n) is 1.82. The van der Waals surface area contributed by atoms with Gasteiger partial charge in [0.15, 0.2) is 0 Å². The second-order valence-corrected chi connectivity index (χ2v) is 3.00. The number of amides is 1. The van der Waals surface area contributed by atoms with Gasteiger partial charge in [-0.15, -0.1) is 0 Å². The molecule has 0 saturated heterocycles. The van der Waals surface area contributed by atoms with Gasteiger partial charge in [0, 0.05) is 6.20 Å². The lowest BCUT2D eigenvalue weighted by Crippen LogP contribution is -2.41. The molecule has 0 spiro atoms. The molecule has 1 rings (SSSR count). The third-order valence-corrected chi connectivity index (χ3v) is 1.82. The van der Waals surface area contributed by atoms with Gasteiger partial charge in [0.1, 0.15) is 5.69 Å². The molecule has 0 bridgehead atoms. The van der Waals surface area contributed by atoms with Crippen molar-refractivity contribution in [3.05, 3.63) is 30.1 Å². The van der Waals surface area contributed by atoms with E-state index < -0.39 is 17.9 Å². The number of ether oxygens (including phenoxy) is 1. The zero-order chi connectivity index (χ0) is 12.7. The van der Waals surface area contributed by atoms with Crippen LogP contribution in [0.5, 0.6) is 0 Å². The molecule has 1 unspecified atom stereocenters. The van der Waals surface area contributed by atoms with Crippen molar-refractivity contribution in [2.45, 2.75) is 13.0 Å². The maximum atomic E-state index is 11.6. The predicted molar refractivity (Wildman–Crippen MR) is 57.7 cm³/mol. The van der Waals surface area contributed by atoms with Gasteiger partial charge in [-0.05, 0) is 19.1 Å². The normalized spacial score (nSPS) is 11.1. The van der Waals surface area contributed by atoms with Crippen molar-refractivity contribution in [1.82, 2.24) is 10.3 Å². The Hall–Kier alpha value is -2.42. The van der Waals surface area contributed by atoms with E-state index in [1.54, 1.807) is 25.1 Å². The monoisotopic (exact) mass is 233 g/mol. The van der Waals surface area contributed by atoms with Crippen molar-refractivity contribution in [2.24, 2.45) is 0 Å². The van der Waals surface area contributed by atoms with Crippen LogP contribution in [0.3, 0.4) is 0 Å². The van der Waals surface area contributed by atoms with Gasteiger partial charge in [-0.25, -0.2) is 4.79 Å². The summed E-state index contributed by atoms with van der Waals surface area (Å²) in [5.41, 5.74) is 0.136. The number of hydrogen-bond donors (Lipinski definition) is 1. The van der Waals surface area contributed by atoms with Gasteiger partial charge in [-0.1, -0.05) is 6.07 Å². The lowest BCUT2D eigenvalue weighted by Gasteiger charge is -2.09. The van der Waals surface area contributed by atoms with Crippen LogP contribution in [0.4, 0.5) is 0 Å². The van der Waals surface area contributed by atoms with E-state index >= 15 is 0 Å². The Labute approximate surface area is 98.2 Å². The van der Waals surface area contributed by atoms with Crippen LogP contribution < -0.4 is 5.32 Å². The first kappa shape index (κ1) is 12.6. The Kier molecular flexibility index (Phi) is 4.63. The first-order valence-electron chi connectivity index (χ1n) is 4.97. The van der Waals surface area contributed by atoms with E-state index in [9.17, 15) is 9.59 Å². The first-order valence-corrected chi connectivity index (χ1v) is 4.97. The zero-order valence-electron chi connectivity index (χ0n) is 9.21. The van der Waals surface area contributed by atoms with Crippen LogP contribution in [0.15, 0.2) is 24.4 Å². The molecule has 1 N–H and O–H groups in total. The summed E-state index contributed by atoms with van der Waals surface area (Å²) in [6.07, 6.45) is 1.45. The number of hydrogen-bond acceptors (Lipinski definition) is 5. The van der Waals surface area contributed by atoms with Gasteiger partial charge in [-0.2, -0.15) is 5.26 Å². The fraction of sp³-hybridized carbons (Fsp3) is 0.273. The SMILES string of the molecule is CCOC(=O)C(C#N)NC(=O)c1ccccn1. The number of pyridine rings is 1. The number of rotatable bonds is 4. The van der Waals surface area contributed by atoms with Crippen molar-refractivity contribution in [3.8, 4) is 6.07 Å². The molecule has 1 heterocycles. The van der Waals surface area contributed by atoms with Crippen LogP contribution in [0.1, 0.15) is 17.4 Å². The summed E-state index contributed by atoms with van der Waals surface area (Å²) in [5, 5.41) is 11.0. The molecule has 88 valence electrons. The summed E-state index contributed by atoms with van der Waals surface area (Å²) >= 11 is 0. The minimum atomic E-state index is -1.32. The summed E-state index contributed by atoms with van der Waals surface area (Å²) < 4.78 is 4.64. The van der Waals surface area contributed by atoms with E-state index in [0.717, 1.165) is 0 Å². The molecule has 17 heavy (non-hydrogen) atoms. The highest BCUT2D eigenvalue weighted by molar-refractivity contribution is 5.95. The van der Waals surface area contributed by atoms with Crippen molar-refractivity contribution in [3.63, 3.8) is 0 Å². The number of carbonyl (C=O) groups is 2. The molecule has 0 saturated carbocycles. The molecule has 0 radical (unpaired) electrons. The smallest absolute Gasteiger partial charge is 0.343 e. The molecule has 0 aliphatic carbocycles. The molecule has 1 aromatic heterocycles. The molecule has 6 nitrogen and oxygen atoms in total. The zero-order valence-corrected chi connectivity index (χ0v) is 9.21. The highest BCUT2D eigenvalue weighted by atomic mass is 16.5. The van der Waals surface area contributed by atoms with Gasteiger partial charge >= 0.3 is 5.97 Å². The molecule has 1 aromatic rings. The van der Waals surface area contributed by atoms with E-state index in [4.69, 9.17) is 5.26 Å². The first-order chi connectivity index (χ1) is 8.19. The van der Waals surface area contributed by atoms with Crippen LogP contribution >= 0.6 is 0 Å². The molecule has 0 aliphatic heterocycles. The molecule has 6 heteroatoms. The highest BCUT2D eigenvalue weighted by Gasteiger charge is 2.22. The van der Waals surface area contributed by atoms with Crippen molar-refractivity contribution < 1.29 is 14.3 Å². The molecule has 0 fully saturated rings. The standard InChI is InChI=1S/C11H11N3O3/c1-2-17-11(16)9(7-12)14-10(15)8-5-3-4-6-13-8/h3-6,9H,2H2,1H3,(H,14,15). The average Bonchev–Trinajstić information content (AvgIpc) is 2.37. The van der Waals surface area contributed by atoms with Crippen LogP contribution in [0.2, 0.25) is 0 Å². The number of aromatic nitrogens is 1. The van der Waals surface area contributed by atoms with Crippen molar-refractivity contribution in [2.75, 3.05) is 6.61 Å². The Bertz CT molecular complexity index is 439. The minimum Gasteiger partial charge on any atom is -0.464 e.